The number of fused-ring (bicyclic) bond motifs is 1. The van der Waals surface area contributed by atoms with Gasteiger partial charge in [0.15, 0.2) is 0 Å². The molecular weight excluding hydrogens is 324 g/mol. The summed E-state index contributed by atoms with van der Waals surface area (Å²) in [6.45, 7) is 1.50. The highest BCUT2D eigenvalue weighted by Crippen LogP contribution is 2.29. The highest BCUT2D eigenvalue weighted by Gasteiger charge is 2.32. The van der Waals surface area contributed by atoms with E-state index in [-0.39, 0.29) is 11.9 Å². The number of para-hydroxylation sites is 1. The van der Waals surface area contributed by atoms with Crippen molar-refractivity contribution in [3.8, 4) is 0 Å². The summed E-state index contributed by atoms with van der Waals surface area (Å²) in [6, 6.07) is 18.0. The van der Waals surface area contributed by atoms with Gasteiger partial charge in [-0.15, -0.1) is 0 Å². The molecule has 1 saturated heterocycles. The molecule has 1 aromatic heterocycles. The normalized spacial score (nSPS) is 16.8. The molecule has 1 aliphatic rings. The van der Waals surface area contributed by atoms with Gasteiger partial charge in [-0.05, 0) is 37.0 Å². The molecule has 0 aliphatic carbocycles. The lowest BCUT2D eigenvalue weighted by molar-refractivity contribution is -0.122. The number of nitrogens with one attached hydrogen (secondary N) is 1. The van der Waals surface area contributed by atoms with Crippen molar-refractivity contribution in [1.29, 1.82) is 0 Å². The molecule has 2 aromatic carbocycles. The predicted octanol–water partition coefficient (Wildman–Crippen LogP) is 2.96. The Bertz CT molecular complexity index is 891. The van der Waals surface area contributed by atoms with E-state index in [2.05, 4.69) is 32.3 Å². The van der Waals surface area contributed by atoms with Crippen LogP contribution in [-0.4, -0.2) is 35.0 Å². The molecule has 2 heterocycles. The highest BCUT2D eigenvalue weighted by molar-refractivity contribution is 5.93. The second-order valence-electron chi connectivity index (χ2n) is 6.59. The zero-order valence-electron chi connectivity index (χ0n) is 14.6. The minimum Gasteiger partial charge on any atom is -0.354 e. The molecule has 0 saturated carbocycles. The minimum absolute atomic E-state index is 0.0844. The highest BCUT2D eigenvalue weighted by atomic mass is 16.2. The lowest BCUT2D eigenvalue weighted by Gasteiger charge is -2.25. The first-order chi connectivity index (χ1) is 12.8. The van der Waals surface area contributed by atoms with Crippen molar-refractivity contribution in [2.45, 2.75) is 25.3 Å². The van der Waals surface area contributed by atoms with Gasteiger partial charge in [-0.1, -0.05) is 42.5 Å². The number of hydrogen-bond donors (Lipinski definition) is 1. The van der Waals surface area contributed by atoms with Gasteiger partial charge in [-0.3, -0.25) is 4.79 Å². The van der Waals surface area contributed by atoms with Gasteiger partial charge in [0.05, 0.1) is 5.52 Å². The van der Waals surface area contributed by atoms with Crippen LogP contribution in [0.3, 0.4) is 0 Å². The number of benzene rings is 2. The topological polar surface area (TPSA) is 58.1 Å². The van der Waals surface area contributed by atoms with Gasteiger partial charge in [0.25, 0.3) is 0 Å². The average Bonchev–Trinajstić information content (AvgIpc) is 3.18. The Morgan fingerprint density at radius 2 is 1.88 bits per heavy atom. The number of carbonyl (C=O) groups excluding carboxylic acids is 1. The molecular formula is C21H22N4O. The van der Waals surface area contributed by atoms with Crippen molar-refractivity contribution in [1.82, 2.24) is 15.3 Å². The van der Waals surface area contributed by atoms with E-state index < -0.39 is 0 Å². The molecule has 0 bridgehead atoms. The van der Waals surface area contributed by atoms with Gasteiger partial charge in [0, 0.05) is 18.5 Å². The van der Waals surface area contributed by atoms with Crippen LogP contribution in [0.5, 0.6) is 0 Å². The monoisotopic (exact) mass is 346 g/mol. The van der Waals surface area contributed by atoms with Gasteiger partial charge in [-0.25, -0.2) is 9.97 Å². The molecule has 26 heavy (non-hydrogen) atoms. The Balaban J connectivity index is 1.46. The smallest absolute Gasteiger partial charge is 0.242 e. The van der Waals surface area contributed by atoms with Crippen molar-refractivity contribution in [3.63, 3.8) is 0 Å². The van der Waals surface area contributed by atoms with Crippen LogP contribution in [0.2, 0.25) is 0 Å². The maximum absolute atomic E-state index is 12.8. The Labute approximate surface area is 153 Å². The van der Waals surface area contributed by atoms with E-state index in [9.17, 15) is 4.79 Å². The summed E-state index contributed by atoms with van der Waals surface area (Å²) < 4.78 is 0. The number of aromatic nitrogens is 2. The Morgan fingerprint density at radius 1 is 1.08 bits per heavy atom. The second kappa shape index (κ2) is 7.52. The van der Waals surface area contributed by atoms with E-state index in [4.69, 9.17) is 0 Å². The maximum Gasteiger partial charge on any atom is 0.242 e. The summed E-state index contributed by atoms with van der Waals surface area (Å²) in [4.78, 5) is 23.7. The molecule has 1 fully saturated rings. The van der Waals surface area contributed by atoms with E-state index in [1.54, 1.807) is 6.33 Å². The van der Waals surface area contributed by atoms with Crippen LogP contribution in [0.4, 0.5) is 5.82 Å². The molecule has 5 heteroatoms. The first-order valence-electron chi connectivity index (χ1n) is 9.11. The van der Waals surface area contributed by atoms with Crippen LogP contribution >= 0.6 is 0 Å². The number of rotatable bonds is 5. The molecule has 4 rings (SSSR count). The lowest BCUT2D eigenvalue weighted by atomic mass is 10.1. The molecule has 0 radical (unpaired) electrons. The first-order valence-corrected chi connectivity index (χ1v) is 9.11. The fourth-order valence-corrected chi connectivity index (χ4v) is 3.60. The van der Waals surface area contributed by atoms with Gasteiger partial charge in [-0.2, -0.15) is 0 Å². The van der Waals surface area contributed by atoms with Crippen LogP contribution in [0.25, 0.3) is 10.9 Å². The number of amides is 1. The molecule has 1 unspecified atom stereocenters. The van der Waals surface area contributed by atoms with E-state index >= 15 is 0 Å². The van der Waals surface area contributed by atoms with Crippen molar-refractivity contribution >= 4 is 22.6 Å². The Hall–Kier alpha value is -2.95. The van der Waals surface area contributed by atoms with Crippen LogP contribution in [0, 0.1) is 0 Å². The number of anilines is 1. The zero-order chi connectivity index (χ0) is 17.8. The fourth-order valence-electron chi connectivity index (χ4n) is 3.60. The van der Waals surface area contributed by atoms with Gasteiger partial charge >= 0.3 is 0 Å². The van der Waals surface area contributed by atoms with E-state index in [0.29, 0.717) is 6.54 Å². The van der Waals surface area contributed by atoms with Crippen LogP contribution in [-0.2, 0) is 11.2 Å². The zero-order valence-corrected chi connectivity index (χ0v) is 14.6. The number of nitrogens with zero attached hydrogens (tertiary/aromatic N) is 3. The molecule has 1 aliphatic heterocycles. The average molecular weight is 346 g/mol. The van der Waals surface area contributed by atoms with Crippen LogP contribution in [0.1, 0.15) is 18.4 Å². The number of carbonyl (C=O) groups is 1. The summed E-state index contributed by atoms with van der Waals surface area (Å²) in [6.07, 6.45) is 4.28. The third kappa shape index (κ3) is 3.38. The minimum atomic E-state index is -0.163. The van der Waals surface area contributed by atoms with Gasteiger partial charge < -0.3 is 10.2 Å². The first kappa shape index (κ1) is 16.5. The Kier molecular flexibility index (Phi) is 4.78. The van der Waals surface area contributed by atoms with Crippen LogP contribution in [0.15, 0.2) is 60.9 Å². The quantitative estimate of drug-likeness (QED) is 0.772. The van der Waals surface area contributed by atoms with E-state index in [1.807, 2.05) is 42.5 Å². The molecule has 5 nitrogen and oxygen atoms in total. The maximum atomic E-state index is 12.8. The molecule has 132 valence electrons. The summed E-state index contributed by atoms with van der Waals surface area (Å²) in [5.74, 6) is 0.942. The fraction of sp³-hybridized carbons (Fsp3) is 0.286. The van der Waals surface area contributed by atoms with Crippen molar-refractivity contribution in [3.05, 3.63) is 66.5 Å². The largest absolute Gasteiger partial charge is 0.354 e. The van der Waals surface area contributed by atoms with E-state index in [0.717, 1.165) is 42.5 Å². The van der Waals surface area contributed by atoms with Crippen molar-refractivity contribution in [2.75, 3.05) is 18.0 Å². The summed E-state index contributed by atoms with van der Waals surface area (Å²) in [5, 5.41) is 4.10. The third-order valence-electron chi connectivity index (χ3n) is 4.91. The molecule has 1 atom stereocenters. The number of hydrogen-bond acceptors (Lipinski definition) is 4. The predicted molar refractivity (Wildman–Crippen MR) is 103 cm³/mol. The summed E-state index contributed by atoms with van der Waals surface area (Å²) in [7, 11) is 0. The van der Waals surface area contributed by atoms with E-state index in [1.165, 1.54) is 5.56 Å². The molecule has 1 N–H and O–H groups in total. The van der Waals surface area contributed by atoms with Gasteiger partial charge in [0.1, 0.15) is 18.2 Å². The Morgan fingerprint density at radius 3 is 2.77 bits per heavy atom. The third-order valence-corrected chi connectivity index (χ3v) is 4.91. The second-order valence-corrected chi connectivity index (χ2v) is 6.59. The molecule has 3 aromatic rings. The van der Waals surface area contributed by atoms with Crippen molar-refractivity contribution in [2.24, 2.45) is 0 Å². The molecule has 1 amide bonds. The standard InChI is InChI=1S/C21H22N4O/c26-21(22-13-12-16-7-2-1-3-8-16)19-11-6-14-25(19)20-17-9-4-5-10-18(17)23-15-24-20/h1-5,7-10,15,19H,6,11-14H2,(H,22,26). The van der Waals surface area contributed by atoms with Crippen molar-refractivity contribution < 1.29 is 4.79 Å². The SMILES string of the molecule is O=C(NCCc1ccccc1)C1CCCN1c1ncnc2ccccc12. The van der Waals surface area contributed by atoms with Gasteiger partial charge in [0.2, 0.25) is 5.91 Å². The lowest BCUT2D eigenvalue weighted by Crippen LogP contribution is -2.44. The van der Waals surface area contributed by atoms with Crippen LogP contribution < -0.4 is 10.2 Å². The molecule has 0 spiro atoms. The summed E-state index contributed by atoms with van der Waals surface area (Å²) >= 11 is 0. The summed E-state index contributed by atoms with van der Waals surface area (Å²) in [5.41, 5.74) is 2.14.